The van der Waals surface area contributed by atoms with Crippen LogP contribution in [0.25, 0.3) is 11.0 Å². The fourth-order valence-electron chi connectivity index (χ4n) is 1.22. The molecule has 3 N–H and O–H groups in total. The minimum absolute atomic E-state index is 0.0370. The lowest BCUT2D eigenvalue weighted by atomic mass is 10.3. The first kappa shape index (κ1) is 8.96. The summed E-state index contributed by atoms with van der Waals surface area (Å²) in [5.74, 6) is 0.844. The van der Waals surface area contributed by atoms with Crippen molar-refractivity contribution in [3.8, 4) is 0 Å². The highest BCUT2D eigenvalue weighted by molar-refractivity contribution is 14.1. The number of nitrogens with two attached hydrogens (primary N) is 1. The van der Waals surface area contributed by atoms with Crippen LogP contribution < -0.4 is 5.73 Å². The van der Waals surface area contributed by atoms with Gasteiger partial charge in [-0.05, 0) is 47.7 Å². The SMILES string of the molecule is CC(N)c1nc2ccc(I)cc2[nH]1. The predicted molar refractivity (Wildman–Crippen MR) is 61.4 cm³/mol. The Morgan fingerprint density at radius 2 is 2.31 bits per heavy atom. The Hall–Kier alpha value is -0.620. The molecular formula is C9H10IN3. The van der Waals surface area contributed by atoms with Crippen LogP contribution in [-0.2, 0) is 0 Å². The van der Waals surface area contributed by atoms with Crippen molar-refractivity contribution in [2.24, 2.45) is 5.73 Å². The number of nitrogens with zero attached hydrogens (tertiary/aromatic N) is 1. The van der Waals surface area contributed by atoms with Crippen LogP contribution in [0.3, 0.4) is 0 Å². The molecule has 0 aliphatic carbocycles. The van der Waals surface area contributed by atoms with Crippen LogP contribution in [0, 0.1) is 3.57 Å². The summed E-state index contributed by atoms with van der Waals surface area (Å²) in [6.07, 6.45) is 0. The van der Waals surface area contributed by atoms with E-state index in [0.29, 0.717) is 0 Å². The van der Waals surface area contributed by atoms with E-state index in [9.17, 15) is 0 Å². The predicted octanol–water partition coefficient (Wildman–Crippen LogP) is 2.19. The number of imidazole rings is 1. The van der Waals surface area contributed by atoms with E-state index in [1.54, 1.807) is 0 Å². The summed E-state index contributed by atoms with van der Waals surface area (Å²) < 4.78 is 1.20. The molecule has 68 valence electrons. The number of halogens is 1. The fourth-order valence-corrected chi connectivity index (χ4v) is 1.71. The van der Waals surface area contributed by atoms with Crippen LogP contribution in [0.4, 0.5) is 0 Å². The number of H-pyrrole nitrogens is 1. The summed E-state index contributed by atoms with van der Waals surface area (Å²) in [6.45, 7) is 1.92. The van der Waals surface area contributed by atoms with Crippen LogP contribution in [0.5, 0.6) is 0 Å². The summed E-state index contributed by atoms with van der Waals surface area (Å²) >= 11 is 2.28. The number of hydrogen-bond donors (Lipinski definition) is 2. The molecule has 0 aliphatic heterocycles. The van der Waals surface area contributed by atoms with Crippen molar-refractivity contribution in [2.45, 2.75) is 13.0 Å². The van der Waals surface area contributed by atoms with Crippen molar-refractivity contribution in [1.82, 2.24) is 9.97 Å². The summed E-state index contributed by atoms with van der Waals surface area (Å²) in [5.41, 5.74) is 7.75. The summed E-state index contributed by atoms with van der Waals surface area (Å²) in [4.78, 5) is 7.56. The van der Waals surface area contributed by atoms with Gasteiger partial charge < -0.3 is 10.7 Å². The van der Waals surface area contributed by atoms with Gasteiger partial charge in [0.2, 0.25) is 0 Å². The molecule has 0 saturated carbocycles. The number of rotatable bonds is 1. The van der Waals surface area contributed by atoms with E-state index in [0.717, 1.165) is 16.9 Å². The first-order chi connectivity index (χ1) is 6.16. The van der Waals surface area contributed by atoms with Crippen LogP contribution in [-0.4, -0.2) is 9.97 Å². The molecule has 1 atom stereocenters. The topological polar surface area (TPSA) is 54.7 Å². The van der Waals surface area contributed by atoms with Crippen molar-refractivity contribution in [2.75, 3.05) is 0 Å². The maximum Gasteiger partial charge on any atom is 0.123 e. The second-order valence-corrected chi connectivity index (χ2v) is 4.32. The second kappa shape index (κ2) is 3.26. The van der Waals surface area contributed by atoms with Crippen molar-refractivity contribution in [1.29, 1.82) is 0 Å². The van der Waals surface area contributed by atoms with Gasteiger partial charge in [0.05, 0.1) is 17.1 Å². The molecule has 1 unspecified atom stereocenters. The number of benzene rings is 1. The molecular weight excluding hydrogens is 277 g/mol. The largest absolute Gasteiger partial charge is 0.341 e. The molecule has 0 fully saturated rings. The third-order valence-corrected chi connectivity index (χ3v) is 2.56. The highest BCUT2D eigenvalue weighted by Crippen LogP contribution is 2.17. The quantitative estimate of drug-likeness (QED) is 0.790. The lowest BCUT2D eigenvalue weighted by Crippen LogP contribution is -2.06. The zero-order valence-electron chi connectivity index (χ0n) is 7.21. The Bertz CT molecular complexity index is 433. The average Bonchev–Trinajstić information content (AvgIpc) is 2.46. The van der Waals surface area contributed by atoms with E-state index in [1.165, 1.54) is 3.57 Å². The lowest BCUT2D eigenvalue weighted by molar-refractivity contribution is 0.760. The fraction of sp³-hybridized carbons (Fsp3) is 0.222. The molecule has 1 heterocycles. The van der Waals surface area contributed by atoms with Gasteiger partial charge in [0.25, 0.3) is 0 Å². The van der Waals surface area contributed by atoms with Crippen molar-refractivity contribution < 1.29 is 0 Å². The summed E-state index contributed by atoms with van der Waals surface area (Å²) in [7, 11) is 0. The monoisotopic (exact) mass is 287 g/mol. The molecule has 4 heteroatoms. The third-order valence-electron chi connectivity index (χ3n) is 1.89. The molecule has 0 radical (unpaired) electrons. The number of nitrogens with one attached hydrogen (secondary N) is 1. The van der Waals surface area contributed by atoms with Gasteiger partial charge >= 0.3 is 0 Å². The molecule has 0 aliphatic rings. The first-order valence-electron chi connectivity index (χ1n) is 4.07. The van der Waals surface area contributed by atoms with Gasteiger partial charge in [0.15, 0.2) is 0 Å². The number of fused-ring (bicyclic) bond motifs is 1. The van der Waals surface area contributed by atoms with Gasteiger partial charge in [0.1, 0.15) is 5.82 Å². The van der Waals surface area contributed by atoms with Crippen molar-refractivity contribution in [3.63, 3.8) is 0 Å². The molecule has 1 aromatic carbocycles. The Morgan fingerprint density at radius 1 is 1.54 bits per heavy atom. The molecule has 3 nitrogen and oxygen atoms in total. The van der Waals surface area contributed by atoms with E-state index >= 15 is 0 Å². The molecule has 0 amide bonds. The molecule has 2 rings (SSSR count). The van der Waals surface area contributed by atoms with E-state index in [4.69, 9.17) is 5.73 Å². The lowest BCUT2D eigenvalue weighted by Gasteiger charge is -1.96. The summed E-state index contributed by atoms with van der Waals surface area (Å²) in [5, 5.41) is 0. The smallest absolute Gasteiger partial charge is 0.123 e. The normalized spacial score (nSPS) is 13.5. The van der Waals surface area contributed by atoms with E-state index in [2.05, 4.69) is 38.6 Å². The first-order valence-corrected chi connectivity index (χ1v) is 5.15. The molecule has 0 saturated heterocycles. The second-order valence-electron chi connectivity index (χ2n) is 3.07. The van der Waals surface area contributed by atoms with Crippen molar-refractivity contribution in [3.05, 3.63) is 27.6 Å². The van der Waals surface area contributed by atoms with Crippen LogP contribution in [0.15, 0.2) is 18.2 Å². The third kappa shape index (κ3) is 1.68. The van der Waals surface area contributed by atoms with Gasteiger partial charge in [-0.25, -0.2) is 4.98 Å². The van der Waals surface area contributed by atoms with Gasteiger partial charge in [-0.15, -0.1) is 0 Å². The van der Waals surface area contributed by atoms with Crippen molar-refractivity contribution >= 4 is 33.6 Å². The van der Waals surface area contributed by atoms with Crippen LogP contribution >= 0.6 is 22.6 Å². The van der Waals surface area contributed by atoms with Gasteiger partial charge in [-0.3, -0.25) is 0 Å². The minimum Gasteiger partial charge on any atom is -0.341 e. The zero-order chi connectivity index (χ0) is 9.42. The average molecular weight is 287 g/mol. The molecule has 13 heavy (non-hydrogen) atoms. The van der Waals surface area contributed by atoms with Gasteiger partial charge in [0, 0.05) is 3.57 Å². The van der Waals surface area contributed by atoms with Crippen LogP contribution in [0.2, 0.25) is 0 Å². The summed E-state index contributed by atoms with van der Waals surface area (Å²) in [6, 6.07) is 6.06. The standard InChI is InChI=1S/C9H10IN3/c1-5(11)9-12-7-3-2-6(10)4-8(7)13-9/h2-5H,11H2,1H3,(H,12,13). The Morgan fingerprint density at radius 3 is 3.00 bits per heavy atom. The van der Waals surface area contributed by atoms with Gasteiger partial charge in [-0.1, -0.05) is 0 Å². The Labute approximate surface area is 89.9 Å². The molecule has 1 aromatic heterocycles. The molecule has 2 aromatic rings. The van der Waals surface area contributed by atoms with Crippen LogP contribution in [0.1, 0.15) is 18.8 Å². The maximum absolute atomic E-state index is 5.72. The maximum atomic E-state index is 5.72. The molecule has 0 bridgehead atoms. The highest BCUT2D eigenvalue weighted by atomic mass is 127. The number of aromatic amines is 1. The number of aromatic nitrogens is 2. The molecule has 0 spiro atoms. The Balaban J connectivity index is 2.62. The van der Waals surface area contributed by atoms with Gasteiger partial charge in [-0.2, -0.15) is 0 Å². The highest BCUT2D eigenvalue weighted by Gasteiger charge is 2.05. The zero-order valence-corrected chi connectivity index (χ0v) is 9.37. The number of hydrogen-bond acceptors (Lipinski definition) is 2. The van der Waals surface area contributed by atoms with E-state index in [1.807, 2.05) is 19.1 Å². The van der Waals surface area contributed by atoms with E-state index < -0.39 is 0 Å². The Kier molecular flexibility index (Phi) is 2.25. The van der Waals surface area contributed by atoms with E-state index in [-0.39, 0.29) is 6.04 Å². The minimum atomic E-state index is -0.0370.